The topological polar surface area (TPSA) is 321 Å². The van der Waals surface area contributed by atoms with E-state index in [2.05, 4.69) is 83.9 Å². The van der Waals surface area contributed by atoms with Gasteiger partial charge in [0.25, 0.3) is 0 Å². The lowest BCUT2D eigenvalue weighted by Gasteiger charge is -2.35. The number of ether oxygens (including phenoxy) is 1. The van der Waals surface area contributed by atoms with Crippen LogP contribution in [0.5, 0.6) is 5.75 Å². The van der Waals surface area contributed by atoms with Gasteiger partial charge in [-0.3, -0.25) is 38.4 Å². The number of aromatic nitrogens is 1. The zero-order valence-electron chi connectivity index (χ0n) is 62.8. The Labute approximate surface area is 655 Å². The number of carbonyl (C=O) groups excluding carboxylic acids is 9. The Morgan fingerprint density at radius 2 is 1.24 bits per heavy atom. The van der Waals surface area contributed by atoms with Gasteiger partial charge in [0.1, 0.15) is 41.6 Å². The highest BCUT2D eigenvalue weighted by Gasteiger charge is 2.40. The average molecular weight is 1550 g/mol. The Balaban J connectivity index is 0.985. The van der Waals surface area contributed by atoms with Crippen molar-refractivity contribution in [2.45, 2.75) is 151 Å². The number of Topliss-reactive ketones (excluding diaryl/α,β-unsaturated/α-hetero) is 1. The van der Waals surface area contributed by atoms with Crippen molar-refractivity contribution in [2.24, 2.45) is 17.6 Å². The molecule has 1 aromatic heterocycles. The van der Waals surface area contributed by atoms with Crippen LogP contribution in [-0.2, 0) is 73.5 Å². The summed E-state index contributed by atoms with van der Waals surface area (Å²) >= 11 is 1.80. The minimum Gasteiger partial charge on any atom is -0.508 e. The van der Waals surface area contributed by atoms with Crippen molar-refractivity contribution in [1.29, 1.82) is 0 Å². The summed E-state index contributed by atoms with van der Waals surface area (Å²) in [6.45, 7) is 9.17. The number of aromatic hydroxyl groups is 1. The SMILES string of the molecule is CC(C)[C@@H]1NC(=O)[C@H](CCCCNC(=O)OC(C)(C)C)NC(=O)[C@@H](CC2=CCc3ccccc32)NC(=O)[C@H](Cc2ccc(O)cc2)CC(=O)[C@@H](NC(=O)[C@@H](Cc2ccccc2)NCCCSC(c2ccccc2)(c2ccccc2)c2ccccc2)CSSC[C@@H](C(=O)N[C@@H](Cc2c[nH]c3ccccc23)C(N)=O)NC1=O. The summed E-state index contributed by atoms with van der Waals surface area (Å²) in [6.07, 6.45) is 4.47. The summed E-state index contributed by atoms with van der Waals surface area (Å²) in [5.41, 5.74) is 14.2. The Morgan fingerprint density at radius 1 is 0.627 bits per heavy atom. The quantitative estimate of drug-likeness (QED) is 0.0123. The molecule has 24 heteroatoms. The molecule has 1 aliphatic heterocycles. The van der Waals surface area contributed by atoms with Crippen LogP contribution >= 0.6 is 33.3 Å². The summed E-state index contributed by atoms with van der Waals surface area (Å²) in [5, 5.41) is 35.2. The predicted octanol–water partition coefficient (Wildman–Crippen LogP) is 10.7. The van der Waals surface area contributed by atoms with Gasteiger partial charge >= 0.3 is 6.09 Å². The highest BCUT2D eigenvalue weighted by Crippen LogP contribution is 2.48. The summed E-state index contributed by atoms with van der Waals surface area (Å²) in [6, 6.07) is 53.2. The number of hydrogen-bond donors (Lipinski definition) is 11. The van der Waals surface area contributed by atoms with E-state index >= 15 is 28.8 Å². The molecular formula is C86H100N10O11S3. The molecule has 0 radical (unpaired) electrons. The second-order valence-electron chi connectivity index (χ2n) is 29.2. The summed E-state index contributed by atoms with van der Waals surface area (Å²) in [5.74, 6) is -7.14. The standard InChI is InChI=1S/C86H100N10O11S3/c1-55(2)76-83(105)95-74(82(104)92-70(77(87)99)50-61-52-90-68-36-21-20-35-67(61)68)54-110-109-53-73(94-80(102)71(48-56-25-10-6-11-26-56)88-45-24-46-108-86(62-28-12-7-13-29-62,63-30-14-8-15-31-63)64-32-16-9-17-33-64)75(98)51-60(47-57-38-42-65(97)43-39-57)78(100)93-72(49-59-41-40-58-27-18-19-34-66(58)59)81(103)91-69(79(101)96-76)37-22-23-44-89-84(106)107-85(3,4)5/h6-21,25-36,38-39,41-43,52,55,60,69-74,76,88,90,97H,22-24,37,40,44-51,53-54H2,1-5H3,(H2,87,99)(H,89,106)(H,91,103)(H,92,104)(H,93,100)(H,94,102)(H,95,105)(H,96,101)/t60-,69+,70+,71-,72-,73+,74+,76+/m1/s1. The van der Waals surface area contributed by atoms with Crippen LogP contribution in [0.2, 0.25) is 0 Å². The average Bonchev–Trinajstić information content (AvgIpc) is 1.03. The fourth-order valence-electron chi connectivity index (χ4n) is 13.8. The number of amides is 8. The van der Waals surface area contributed by atoms with E-state index in [1.807, 2.05) is 140 Å². The third kappa shape index (κ3) is 23.2. The largest absolute Gasteiger partial charge is 0.508 e. The number of para-hydroxylation sites is 1. The molecule has 8 aromatic rings. The van der Waals surface area contributed by atoms with Crippen LogP contribution < -0.4 is 48.3 Å². The maximum atomic E-state index is 15.7. The number of aromatic amines is 1. The predicted molar refractivity (Wildman–Crippen MR) is 437 cm³/mol. The van der Waals surface area contributed by atoms with E-state index in [0.29, 0.717) is 42.7 Å². The number of nitrogens with one attached hydrogen (secondary N) is 9. The molecule has 10 rings (SSSR count). The van der Waals surface area contributed by atoms with E-state index in [-0.39, 0.29) is 62.3 Å². The number of nitrogens with two attached hydrogens (primary N) is 1. The van der Waals surface area contributed by atoms with Crippen LogP contribution in [0.25, 0.3) is 16.5 Å². The zero-order valence-corrected chi connectivity index (χ0v) is 65.2. The number of alkyl carbamates (subject to hydrolysis) is 1. The van der Waals surface area contributed by atoms with E-state index in [9.17, 15) is 19.5 Å². The van der Waals surface area contributed by atoms with Gasteiger partial charge in [0.2, 0.25) is 41.4 Å². The smallest absolute Gasteiger partial charge is 0.407 e. The summed E-state index contributed by atoms with van der Waals surface area (Å²) < 4.78 is 4.85. The van der Waals surface area contributed by atoms with Gasteiger partial charge in [0.15, 0.2) is 5.78 Å². The summed E-state index contributed by atoms with van der Waals surface area (Å²) in [4.78, 5) is 137. The summed E-state index contributed by atoms with van der Waals surface area (Å²) in [7, 11) is 2.24. The zero-order chi connectivity index (χ0) is 78.2. The number of phenolic OH excluding ortho intramolecular Hbond substituents is 1. The number of fused-ring (bicyclic) bond motifs is 2. The monoisotopic (exact) mass is 1540 g/mol. The lowest BCUT2D eigenvalue weighted by molar-refractivity contribution is -0.136. The Hall–Kier alpha value is -10.1. The van der Waals surface area contributed by atoms with Crippen molar-refractivity contribution < 1.29 is 53.0 Å². The molecule has 1 saturated heterocycles. The first kappa shape index (κ1) is 82.4. The number of thioether (sulfide) groups is 1. The van der Waals surface area contributed by atoms with Crippen LogP contribution in [0.1, 0.15) is 118 Å². The number of phenols is 1. The molecule has 12 N–H and O–H groups in total. The normalized spacial score (nSPS) is 19.0. The molecule has 110 heavy (non-hydrogen) atoms. The first-order valence-corrected chi connectivity index (χ1v) is 41.0. The van der Waals surface area contributed by atoms with E-state index in [4.69, 9.17) is 10.5 Å². The number of hydrogen-bond acceptors (Lipinski definition) is 15. The molecule has 1 aliphatic carbocycles. The first-order chi connectivity index (χ1) is 53.0. The highest BCUT2D eigenvalue weighted by atomic mass is 33.1. The lowest BCUT2D eigenvalue weighted by Crippen LogP contribution is -2.60. The molecule has 7 aromatic carbocycles. The fourth-order valence-corrected chi connectivity index (χ4v) is 17.6. The van der Waals surface area contributed by atoms with E-state index < -0.39 is 124 Å². The van der Waals surface area contributed by atoms with Gasteiger partial charge in [-0.2, -0.15) is 0 Å². The van der Waals surface area contributed by atoms with Crippen molar-refractivity contribution in [3.05, 3.63) is 251 Å². The number of unbranched alkanes of at least 4 members (excludes halogenated alkanes) is 1. The number of rotatable bonds is 28. The molecule has 2 heterocycles. The van der Waals surface area contributed by atoms with Crippen molar-refractivity contribution in [3.8, 4) is 5.75 Å². The molecule has 0 spiro atoms. The van der Waals surface area contributed by atoms with Crippen LogP contribution in [0.15, 0.2) is 206 Å². The van der Waals surface area contributed by atoms with Gasteiger partial charge in [-0.15, -0.1) is 11.8 Å². The molecule has 1 fully saturated rings. The van der Waals surface area contributed by atoms with Crippen molar-refractivity contribution in [1.82, 2.24) is 47.5 Å². The molecule has 8 atom stereocenters. The minimum atomic E-state index is -1.42. The molecule has 0 bridgehead atoms. The number of ketones is 1. The highest BCUT2D eigenvalue weighted by molar-refractivity contribution is 8.76. The lowest BCUT2D eigenvalue weighted by atomic mass is 9.84. The maximum absolute atomic E-state index is 15.7. The Bertz CT molecular complexity index is 4370. The molecule has 0 unspecified atom stereocenters. The number of benzene rings is 7. The number of H-pyrrole nitrogens is 1. The van der Waals surface area contributed by atoms with Gasteiger partial charge in [-0.1, -0.05) is 217 Å². The maximum Gasteiger partial charge on any atom is 0.407 e. The molecule has 2 aliphatic rings. The third-order valence-corrected chi connectivity index (χ3v) is 23.6. The number of primary amides is 1. The van der Waals surface area contributed by atoms with Gasteiger partial charge in [0.05, 0.1) is 16.8 Å². The van der Waals surface area contributed by atoms with Gasteiger partial charge in [-0.25, -0.2) is 4.79 Å². The minimum absolute atomic E-state index is 0.0131. The van der Waals surface area contributed by atoms with Gasteiger partial charge < -0.3 is 63.1 Å². The second-order valence-corrected chi connectivity index (χ2v) is 33.1. The van der Waals surface area contributed by atoms with Crippen LogP contribution in [0.4, 0.5) is 4.79 Å². The number of allylic oxidation sites excluding steroid dienone is 1. The molecule has 578 valence electrons. The third-order valence-electron chi connectivity index (χ3n) is 19.5. The second kappa shape index (κ2) is 40.0. The van der Waals surface area contributed by atoms with Crippen molar-refractivity contribution in [2.75, 3.05) is 30.3 Å². The van der Waals surface area contributed by atoms with Crippen molar-refractivity contribution >= 4 is 103 Å². The van der Waals surface area contributed by atoms with Crippen LogP contribution in [-0.4, -0.2) is 142 Å². The van der Waals surface area contributed by atoms with E-state index in [1.54, 1.807) is 64.7 Å². The first-order valence-electron chi connectivity index (χ1n) is 37.6. The Kier molecular flexibility index (Phi) is 29.9. The molecule has 0 saturated carbocycles. The van der Waals surface area contributed by atoms with E-state index in [0.717, 1.165) is 71.4 Å². The molecular weight excluding hydrogens is 1450 g/mol. The number of carbonyl (C=O) groups is 9. The van der Waals surface area contributed by atoms with E-state index in [1.165, 1.54) is 12.1 Å². The van der Waals surface area contributed by atoms with Crippen LogP contribution in [0.3, 0.4) is 0 Å². The fraction of sp³-hybridized carbons (Fsp3) is 0.360. The van der Waals surface area contributed by atoms with Gasteiger partial charge in [0, 0.05) is 60.3 Å². The molecule has 21 nitrogen and oxygen atoms in total. The van der Waals surface area contributed by atoms with Gasteiger partial charge in [-0.05, 0) is 152 Å². The van der Waals surface area contributed by atoms with Crippen molar-refractivity contribution in [3.63, 3.8) is 0 Å². The Morgan fingerprint density at radius 3 is 1.89 bits per heavy atom. The molecule has 8 amide bonds. The van der Waals surface area contributed by atoms with Crippen LogP contribution in [0, 0.1) is 11.8 Å².